The van der Waals surface area contributed by atoms with Gasteiger partial charge in [-0.15, -0.1) is 0 Å². The Bertz CT molecular complexity index is 525. The predicted molar refractivity (Wildman–Crippen MR) is 69.1 cm³/mol. The van der Waals surface area contributed by atoms with Crippen molar-refractivity contribution in [3.63, 3.8) is 0 Å². The number of pyridine rings is 1. The van der Waals surface area contributed by atoms with Crippen LogP contribution in [0, 0.1) is 0 Å². The van der Waals surface area contributed by atoms with Crippen molar-refractivity contribution in [2.45, 2.75) is 12.8 Å². The zero-order chi connectivity index (χ0) is 12.2. The third kappa shape index (κ3) is 2.45. The fourth-order valence-corrected chi connectivity index (χ4v) is 2.04. The van der Waals surface area contributed by atoms with Crippen LogP contribution in [0.15, 0.2) is 42.6 Å². The van der Waals surface area contributed by atoms with Gasteiger partial charge in [0.05, 0.1) is 0 Å². The van der Waals surface area contributed by atoms with Crippen molar-refractivity contribution < 1.29 is 9.47 Å². The summed E-state index contributed by atoms with van der Waals surface area (Å²) < 4.78 is 10.9. The molecule has 2 heterocycles. The number of benzene rings is 1. The van der Waals surface area contributed by atoms with E-state index < -0.39 is 0 Å². The van der Waals surface area contributed by atoms with Crippen molar-refractivity contribution in [3.05, 3.63) is 53.7 Å². The number of ether oxygens (including phenoxy) is 2. The topological polar surface area (TPSA) is 31.4 Å². The van der Waals surface area contributed by atoms with Gasteiger partial charge in [-0.05, 0) is 30.0 Å². The molecular weight excluding hydrogens is 226 g/mol. The van der Waals surface area contributed by atoms with Crippen LogP contribution in [0.3, 0.4) is 0 Å². The average Bonchev–Trinajstić information content (AvgIpc) is 2.46. The first-order valence-corrected chi connectivity index (χ1v) is 6.20. The standard InChI is InChI=1S/C15H15NO2/c1-2-4-12(5-3-1)6-7-13-10-14-15(16-11-13)18-9-8-17-14/h1-5,10-11H,6-9H2. The molecule has 3 rings (SSSR count). The van der Waals surface area contributed by atoms with Crippen molar-refractivity contribution in [2.75, 3.05) is 13.2 Å². The Balaban J connectivity index is 1.70. The largest absolute Gasteiger partial charge is 0.484 e. The fourth-order valence-electron chi connectivity index (χ4n) is 2.04. The van der Waals surface area contributed by atoms with E-state index in [1.54, 1.807) is 0 Å². The zero-order valence-corrected chi connectivity index (χ0v) is 10.1. The van der Waals surface area contributed by atoms with Gasteiger partial charge in [-0.25, -0.2) is 4.98 Å². The summed E-state index contributed by atoms with van der Waals surface area (Å²) in [6.45, 7) is 1.19. The van der Waals surface area contributed by atoms with E-state index in [4.69, 9.17) is 9.47 Å². The highest BCUT2D eigenvalue weighted by Gasteiger charge is 2.13. The molecule has 1 aliphatic heterocycles. The molecule has 0 fully saturated rings. The molecule has 2 aromatic rings. The van der Waals surface area contributed by atoms with Gasteiger partial charge >= 0.3 is 0 Å². The highest BCUT2D eigenvalue weighted by atomic mass is 16.6. The maximum absolute atomic E-state index is 5.53. The van der Waals surface area contributed by atoms with E-state index in [0.29, 0.717) is 19.1 Å². The molecule has 0 saturated carbocycles. The first-order chi connectivity index (χ1) is 8.92. The van der Waals surface area contributed by atoms with Crippen LogP contribution in [0.25, 0.3) is 0 Å². The highest BCUT2D eigenvalue weighted by molar-refractivity contribution is 5.37. The summed E-state index contributed by atoms with van der Waals surface area (Å²) >= 11 is 0. The summed E-state index contributed by atoms with van der Waals surface area (Å²) in [5.74, 6) is 1.39. The summed E-state index contributed by atoms with van der Waals surface area (Å²) in [6, 6.07) is 12.5. The van der Waals surface area contributed by atoms with E-state index in [0.717, 1.165) is 18.6 Å². The Kier molecular flexibility index (Phi) is 3.13. The quantitative estimate of drug-likeness (QED) is 0.827. The van der Waals surface area contributed by atoms with E-state index in [-0.39, 0.29) is 0 Å². The van der Waals surface area contributed by atoms with Crippen LogP contribution < -0.4 is 9.47 Å². The lowest BCUT2D eigenvalue weighted by Crippen LogP contribution is -2.16. The highest BCUT2D eigenvalue weighted by Crippen LogP contribution is 2.28. The van der Waals surface area contributed by atoms with Crippen LogP contribution in [-0.2, 0) is 12.8 Å². The smallest absolute Gasteiger partial charge is 0.257 e. The minimum Gasteiger partial charge on any atom is -0.484 e. The van der Waals surface area contributed by atoms with Gasteiger partial charge in [-0.1, -0.05) is 30.3 Å². The average molecular weight is 241 g/mol. The van der Waals surface area contributed by atoms with Crippen LogP contribution in [0.1, 0.15) is 11.1 Å². The van der Waals surface area contributed by atoms with E-state index in [9.17, 15) is 0 Å². The first-order valence-electron chi connectivity index (χ1n) is 6.20. The Hall–Kier alpha value is -2.03. The van der Waals surface area contributed by atoms with Gasteiger partial charge in [0, 0.05) is 6.20 Å². The number of aromatic nitrogens is 1. The van der Waals surface area contributed by atoms with E-state index in [1.165, 1.54) is 11.1 Å². The molecule has 0 saturated heterocycles. The molecule has 1 aromatic heterocycles. The lowest BCUT2D eigenvalue weighted by molar-refractivity contribution is 0.164. The molecule has 0 spiro atoms. The summed E-state index contributed by atoms with van der Waals surface area (Å²) in [7, 11) is 0. The molecule has 1 aromatic carbocycles. The summed E-state index contributed by atoms with van der Waals surface area (Å²) in [6.07, 6.45) is 3.85. The second kappa shape index (κ2) is 5.08. The number of fused-ring (bicyclic) bond motifs is 1. The molecule has 92 valence electrons. The Labute approximate surface area is 106 Å². The van der Waals surface area contributed by atoms with Crippen molar-refractivity contribution in [1.82, 2.24) is 4.98 Å². The third-order valence-corrected chi connectivity index (χ3v) is 3.00. The molecule has 0 atom stereocenters. The van der Waals surface area contributed by atoms with E-state index in [2.05, 4.69) is 29.2 Å². The van der Waals surface area contributed by atoms with Crippen molar-refractivity contribution in [2.24, 2.45) is 0 Å². The molecule has 0 N–H and O–H groups in total. The van der Waals surface area contributed by atoms with Crippen molar-refractivity contribution >= 4 is 0 Å². The summed E-state index contributed by atoms with van der Waals surface area (Å²) in [4.78, 5) is 4.28. The summed E-state index contributed by atoms with van der Waals surface area (Å²) in [5.41, 5.74) is 2.52. The van der Waals surface area contributed by atoms with Crippen LogP contribution in [0.5, 0.6) is 11.6 Å². The molecule has 0 aliphatic carbocycles. The summed E-state index contributed by atoms with van der Waals surface area (Å²) in [5, 5.41) is 0. The lowest BCUT2D eigenvalue weighted by Gasteiger charge is -2.17. The van der Waals surface area contributed by atoms with Gasteiger partial charge in [0.1, 0.15) is 13.2 Å². The molecule has 0 unspecified atom stereocenters. The number of rotatable bonds is 3. The van der Waals surface area contributed by atoms with Gasteiger partial charge in [-0.3, -0.25) is 0 Å². The predicted octanol–water partition coefficient (Wildman–Crippen LogP) is 2.64. The van der Waals surface area contributed by atoms with Gasteiger partial charge in [0.25, 0.3) is 5.88 Å². The van der Waals surface area contributed by atoms with Crippen LogP contribution >= 0.6 is 0 Å². The molecule has 18 heavy (non-hydrogen) atoms. The molecule has 3 heteroatoms. The first kappa shape index (κ1) is 11.1. The minimum atomic E-state index is 0.587. The second-order valence-corrected chi connectivity index (χ2v) is 4.33. The Morgan fingerprint density at radius 1 is 0.944 bits per heavy atom. The molecule has 0 amide bonds. The molecule has 1 aliphatic rings. The van der Waals surface area contributed by atoms with E-state index >= 15 is 0 Å². The van der Waals surface area contributed by atoms with Crippen molar-refractivity contribution in [3.8, 4) is 11.6 Å². The third-order valence-electron chi connectivity index (χ3n) is 3.00. The normalized spacial score (nSPS) is 13.3. The monoisotopic (exact) mass is 241 g/mol. The number of hydrogen-bond donors (Lipinski definition) is 0. The van der Waals surface area contributed by atoms with Crippen molar-refractivity contribution in [1.29, 1.82) is 0 Å². The maximum Gasteiger partial charge on any atom is 0.257 e. The molecular formula is C15H15NO2. The Morgan fingerprint density at radius 3 is 2.61 bits per heavy atom. The molecule has 0 radical (unpaired) electrons. The van der Waals surface area contributed by atoms with Crippen LogP contribution in [-0.4, -0.2) is 18.2 Å². The van der Waals surface area contributed by atoms with E-state index in [1.807, 2.05) is 18.3 Å². The van der Waals surface area contributed by atoms with Crippen LogP contribution in [0.4, 0.5) is 0 Å². The Morgan fingerprint density at radius 2 is 1.72 bits per heavy atom. The van der Waals surface area contributed by atoms with Gasteiger partial charge in [0.15, 0.2) is 5.75 Å². The lowest BCUT2D eigenvalue weighted by atomic mass is 10.1. The number of aryl methyl sites for hydroxylation is 2. The van der Waals surface area contributed by atoms with Crippen LogP contribution in [0.2, 0.25) is 0 Å². The SMILES string of the molecule is c1ccc(CCc2cnc3c(c2)OCCO3)cc1. The minimum absolute atomic E-state index is 0.587. The van der Waals surface area contributed by atoms with Gasteiger partial charge in [-0.2, -0.15) is 0 Å². The number of hydrogen-bond acceptors (Lipinski definition) is 3. The maximum atomic E-state index is 5.53. The molecule has 3 nitrogen and oxygen atoms in total. The fraction of sp³-hybridized carbons (Fsp3) is 0.267. The number of nitrogens with zero attached hydrogens (tertiary/aromatic N) is 1. The van der Waals surface area contributed by atoms with Gasteiger partial charge < -0.3 is 9.47 Å². The second-order valence-electron chi connectivity index (χ2n) is 4.33. The zero-order valence-electron chi connectivity index (χ0n) is 10.1. The molecule has 0 bridgehead atoms. The van der Waals surface area contributed by atoms with Gasteiger partial charge in [0.2, 0.25) is 0 Å².